The maximum Gasteiger partial charge on any atom is 0.104 e. The molecule has 0 radical (unpaired) electrons. The van der Waals surface area contributed by atoms with E-state index in [9.17, 15) is 5.11 Å². The van der Waals surface area contributed by atoms with Crippen molar-refractivity contribution in [3.05, 3.63) is 29.6 Å². The molecular formula is C9H13NO2. The molecular weight excluding hydrogens is 154 g/mol. The first-order valence-electron chi connectivity index (χ1n) is 3.83. The Morgan fingerprint density at radius 2 is 2.33 bits per heavy atom. The van der Waals surface area contributed by atoms with Crippen molar-refractivity contribution in [2.75, 3.05) is 13.7 Å². The van der Waals surface area contributed by atoms with Gasteiger partial charge in [-0.3, -0.25) is 4.98 Å². The molecule has 1 aromatic heterocycles. The molecule has 1 aromatic rings. The van der Waals surface area contributed by atoms with Gasteiger partial charge in [-0.25, -0.2) is 0 Å². The minimum atomic E-state index is -0.567. The van der Waals surface area contributed by atoms with Crippen LogP contribution in [0, 0.1) is 6.92 Å². The molecule has 66 valence electrons. The molecule has 0 saturated carbocycles. The van der Waals surface area contributed by atoms with Crippen LogP contribution in [0.5, 0.6) is 0 Å². The van der Waals surface area contributed by atoms with E-state index >= 15 is 0 Å². The molecule has 0 aliphatic rings. The third kappa shape index (κ3) is 2.29. The van der Waals surface area contributed by atoms with Crippen LogP contribution in [-0.2, 0) is 4.74 Å². The van der Waals surface area contributed by atoms with Crippen LogP contribution < -0.4 is 0 Å². The minimum absolute atomic E-state index is 0.310. The lowest BCUT2D eigenvalue weighted by atomic mass is 10.1. The maximum atomic E-state index is 9.45. The predicted octanol–water partition coefficient (Wildman–Crippen LogP) is 1.07. The number of pyridine rings is 1. The fourth-order valence-electron chi connectivity index (χ4n) is 0.930. The smallest absolute Gasteiger partial charge is 0.104 e. The lowest BCUT2D eigenvalue weighted by Crippen LogP contribution is -2.05. The summed E-state index contributed by atoms with van der Waals surface area (Å²) >= 11 is 0. The van der Waals surface area contributed by atoms with Crippen LogP contribution in [0.3, 0.4) is 0 Å². The van der Waals surface area contributed by atoms with Crippen molar-refractivity contribution in [3.8, 4) is 0 Å². The quantitative estimate of drug-likeness (QED) is 0.732. The van der Waals surface area contributed by atoms with Gasteiger partial charge in [0, 0.05) is 24.6 Å². The zero-order valence-electron chi connectivity index (χ0n) is 7.32. The van der Waals surface area contributed by atoms with Gasteiger partial charge in [0.15, 0.2) is 0 Å². The number of rotatable bonds is 3. The van der Waals surface area contributed by atoms with Gasteiger partial charge in [-0.15, -0.1) is 0 Å². The Balaban J connectivity index is 2.68. The Morgan fingerprint density at radius 3 is 2.83 bits per heavy atom. The molecule has 0 fully saturated rings. The first kappa shape index (κ1) is 9.16. The fraction of sp³-hybridized carbons (Fsp3) is 0.444. The number of hydrogen-bond acceptors (Lipinski definition) is 3. The van der Waals surface area contributed by atoms with Gasteiger partial charge in [0.2, 0.25) is 0 Å². The average molecular weight is 167 g/mol. The van der Waals surface area contributed by atoms with Gasteiger partial charge in [0.1, 0.15) is 6.10 Å². The number of aromatic nitrogens is 1. The molecule has 0 aliphatic carbocycles. The van der Waals surface area contributed by atoms with Crippen LogP contribution in [-0.4, -0.2) is 23.8 Å². The maximum absolute atomic E-state index is 9.45. The van der Waals surface area contributed by atoms with E-state index in [2.05, 4.69) is 4.98 Å². The van der Waals surface area contributed by atoms with Crippen molar-refractivity contribution in [3.63, 3.8) is 0 Å². The molecule has 0 bridgehead atoms. The molecule has 1 atom stereocenters. The summed E-state index contributed by atoms with van der Waals surface area (Å²) in [4.78, 5) is 4.07. The molecule has 12 heavy (non-hydrogen) atoms. The molecule has 0 spiro atoms. The normalized spacial score (nSPS) is 12.9. The van der Waals surface area contributed by atoms with Crippen LogP contribution in [0.1, 0.15) is 17.4 Å². The Morgan fingerprint density at radius 1 is 1.58 bits per heavy atom. The molecule has 0 aliphatic heterocycles. The fourth-order valence-corrected chi connectivity index (χ4v) is 0.930. The molecule has 1 N–H and O–H groups in total. The van der Waals surface area contributed by atoms with Crippen LogP contribution in [0.15, 0.2) is 18.3 Å². The zero-order valence-corrected chi connectivity index (χ0v) is 7.32. The van der Waals surface area contributed by atoms with E-state index in [4.69, 9.17) is 4.74 Å². The van der Waals surface area contributed by atoms with Gasteiger partial charge in [-0.05, 0) is 13.0 Å². The van der Waals surface area contributed by atoms with E-state index in [-0.39, 0.29) is 0 Å². The molecule has 0 aromatic carbocycles. The summed E-state index contributed by atoms with van der Waals surface area (Å²) in [7, 11) is 1.56. The molecule has 3 heteroatoms. The zero-order chi connectivity index (χ0) is 8.97. The molecule has 0 amide bonds. The highest BCUT2D eigenvalue weighted by Gasteiger charge is 2.05. The highest BCUT2D eigenvalue weighted by atomic mass is 16.5. The Hall–Kier alpha value is -0.930. The van der Waals surface area contributed by atoms with Crippen molar-refractivity contribution < 1.29 is 9.84 Å². The monoisotopic (exact) mass is 167 g/mol. The number of ether oxygens (including phenoxy) is 1. The summed E-state index contributed by atoms with van der Waals surface area (Å²) < 4.78 is 4.81. The van der Waals surface area contributed by atoms with E-state index in [0.717, 1.165) is 11.3 Å². The molecule has 1 unspecified atom stereocenters. The lowest BCUT2D eigenvalue weighted by Gasteiger charge is -2.08. The van der Waals surface area contributed by atoms with Gasteiger partial charge in [-0.2, -0.15) is 0 Å². The first-order chi connectivity index (χ1) is 5.74. The number of aliphatic hydroxyl groups excluding tert-OH is 1. The van der Waals surface area contributed by atoms with Crippen molar-refractivity contribution in [2.24, 2.45) is 0 Å². The Labute approximate surface area is 72.0 Å². The molecule has 0 saturated heterocycles. The highest BCUT2D eigenvalue weighted by molar-refractivity contribution is 5.15. The third-order valence-electron chi connectivity index (χ3n) is 1.64. The van der Waals surface area contributed by atoms with Crippen molar-refractivity contribution in [1.82, 2.24) is 4.98 Å². The highest BCUT2D eigenvalue weighted by Crippen LogP contribution is 2.11. The summed E-state index contributed by atoms with van der Waals surface area (Å²) in [6, 6.07) is 3.72. The van der Waals surface area contributed by atoms with E-state index in [1.165, 1.54) is 0 Å². The topological polar surface area (TPSA) is 42.4 Å². The van der Waals surface area contributed by atoms with E-state index in [1.807, 2.05) is 19.1 Å². The van der Waals surface area contributed by atoms with Gasteiger partial charge >= 0.3 is 0 Å². The van der Waals surface area contributed by atoms with Crippen LogP contribution in [0.4, 0.5) is 0 Å². The first-order valence-corrected chi connectivity index (χ1v) is 3.83. The molecule has 3 nitrogen and oxygen atoms in total. The van der Waals surface area contributed by atoms with Crippen molar-refractivity contribution in [1.29, 1.82) is 0 Å². The summed E-state index contributed by atoms with van der Waals surface area (Å²) in [6.45, 7) is 2.22. The molecule has 1 rings (SSSR count). The number of methoxy groups -OCH3 is 1. The second-order valence-electron chi connectivity index (χ2n) is 2.70. The summed E-state index contributed by atoms with van der Waals surface area (Å²) in [5, 5.41) is 9.45. The molecule has 1 heterocycles. The lowest BCUT2D eigenvalue weighted by molar-refractivity contribution is 0.0642. The van der Waals surface area contributed by atoms with Crippen molar-refractivity contribution in [2.45, 2.75) is 13.0 Å². The van der Waals surface area contributed by atoms with Crippen molar-refractivity contribution >= 4 is 0 Å². The SMILES string of the molecule is COCC(O)c1ccc(C)nc1. The second kappa shape index (κ2) is 4.18. The second-order valence-corrected chi connectivity index (χ2v) is 2.70. The van der Waals surface area contributed by atoms with Gasteiger partial charge in [-0.1, -0.05) is 6.07 Å². The van der Waals surface area contributed by atoms with Gasteiger partial charge in [0.25, 0.3) is 0 Å². The summed E-state index contributed by atoms with van der Waals surface area (Å²) in [5.41, 5.74) is 1.74. The number of nitrogens with zero attached hydrogens (tertiary/aromatic N) is 1. The minimum Gasteiger partial charge on any atom is -0.386 e. The van der Waals surface area contributed by atoms with E-state index < -0.39 is 6.10 Å². The Kier molecular flexibility index (Phi) is 3.19. The number of aliphatic hydroxyl groups is 1. The van der Waals surface area contributed by atoms with Crippen LogP contribution in [0.25, 0.3) is 0 Å². The number of hydrogen-bond donors (Lipinski definition) is 1. The Bertz CT molecular complexity index is 233. The van der Waals surface area contributed by atoms with Gasteiger partial charge < -0.3 is 9.84 Å². The van der Waals surface area contributed by atoms with Crippen LogP contribution in [0.2, 0.25) is 0 Å². The predicted molar refractivity (Wildman–Crippen MR) is 45.8 cm³/mol. The average Bonchev–Trinajstić information content (AvgIpc) is 2.06. The third-order valence-corrected chi connectivity index (χ3v) is 1.64. The van der Waals surface area contributed by atoms with E-state index in [1.54, 1.807) is 13.3 Å². The summed E-state index contributed by atoms with van der Waals surface area (Å²) in [6.07, 6.45) is 1.10. The van der Waals surface area contributed by atoms with E-state index in [0.29, 0.717) is 6.61 Å². The van der Waals surface area contributed by atoms with Gasteiger partial charge in [0.05, 0.1) is 6.61 Å². The standard InChI is InChI=1S/C9H13NO2/c1-7-3-4-8(5-10-7)9(11)6-12-2/h3-5,9,11H,6H2,1-2H3. The largest absolute Gasteiger partial charge is 0.386 e. The number of aryl methyl sites for hydroxylation is 1. The summed E-state index contributed by atoms with van der Waals surface area (Å²) in [5.74, 6) is 0. The van der Waals surface area contributed by atoms with Crippen LogP contribution >= 0.6 is 0 Å².